The van der Waals surface area contributed by atoms with Gasteiger partial charge in [-0.15, -0.1) is 19.3 Å². The van der Waals surface area contributed by atoms with Gasteiger partial charge in [-0.2, -0.15) is 0 Å². The highest BCUT2D eigenvalue weighted by atomic mass is 16.6. The summed E-state index contributed by atoms with van der Waals surface area (Å²) in [5, 5.41) is 5.53. The van der Waals surface area contributed by atoms with Gasteiger partial charge in [-0.3, -0.25) is 24.1 Å². The Morgan fingerprint density at radius 2 is 1.09 bits per heavy atom. The van der Waals surface area contributed by atoms with Crippen LogP contribution in [0, 0.1) is 37.0 Å². The maximum absolute atomic E-state index is 12.6. The molecule has 0 fully saturated rings. The molecule has 0 bridgehead atoms. The molecule has 0 saturated heterocycles. The standard InChI is InChI=1S/C31H43N3O11/c1-4-13-43-24-31(25-44-14-5-2,26-45-15-6-3)33-28(36)10-16-39-18-20-41-22-23-42-21-19-40-17-11-32-27(35)9-12-34-29(37)7-8-30(34)38/h1-3,7-8H,9-26H2,(H,32,35)(H,33,36). The van der Waals surface area contributed by atoms with Gasteiger partial charge in [0.15, 0.2) is 0 Å². The minimum Gasteiger partial charge on any atom is -0.379 e. The number of rotatable bonds is 28. The van der Waals surface area contributed by atoms with Gasteiger partial charge in [0, 0.05) is 38.1 Å². The maximum Gasteiger partial charge on any atom is 0.253 e. The van der Waals surface area contributed by atoms with E-state index in [4.69, 9.17) is 52.4 Å². The van der Waals surface area contributed by atoms with Crippen LogP contribution in [-0.4, -0.2) is 140 Å². The zero-order valence-electron chi connectivity index (χ0n) is 25.6. The van der Waals surface area contributed by atoms with Crippen LogP contribution in [0.4, 0.5) is 0 Å². The number of amides is 4. The Morgan fingerprint density at radius 1 is 0.644 bits per heavy atom. The topological polar surface area (TPSA) is 160 Å². The summed E-state index contributed by atoms with van der Waals surface area (Å²) in [5.41, 5.74) is -1.04. The lowest BCUT2D eigenvalue weighted by Gasteiger charge is -2.33. The lowest BCUT2D eigenvalue weighted by atomic mass is 10.0. The number of hydrogen-bond acceptors (Lipinski definition) is 11. The summed E-state index contributed by atoms with van der Waals surface area (Å²) >= 11 is 0. The second-order valence-electron chi connectivity index (χ2n) is 9.38. The molecule has 1 heterocycles. The van der Waals surface area contributed by atoms with Crippen molar-refractivity contribution in [2.45, 2.75) is 18.4 Å². The first-order valence-corrected chi connectivity index (χ1v) is 14.3. The van der Waals surface area contributed by atoms with Crippen molar-refractivity contribution in [3.8, 4) is 37.0 Å². The smallest absolute Gasteiger partial charge is 0.253 e. The maximum atomic E-state index is 12.6. The van der Waals surface area contributed by atoms with Crippen LogP contribution in [0.1, 0.15) is 12.8 Å². The molecule has 0 spiro atoms. The van der Waals surface area contributed by atoms with Gasteiger partial charge in [0.05, 0.1) is 72.7 Å². The summed E-state index contributed by atoms with van der Waals surface area (Å²) < 4.78 is 38.1. The second-order valence-corrected chi connectivity index (χ2v) is 9.38. The molecule has 0 atom stereocenters. The van der Waals surface area contributed by atoms with Crippen molar-refractivity contribution in [3.05, 3.63) is 12.2 Å². The van der Waals surface area contributed by atoms with Crippen molar-refractivity contribution in [3.63, 3.8) is 0 Å². The first-order chi connectivity index (χ1) is 21.9. The number of terminal acetylenes is 3. The Balaban J connectivity index is 2.06. The molecule has 248 valence electrons. The van der Waals surface area contributed by atoms with E-state index in [1.165, 1.54) is 12.2 Å². The molecule has 1 rings (SSSR count). The van der Waals surface area contributed by atoms with Gasteiger partial charge in [0.2, 0.25) is 11.8 Å². The Kier molecular flexibility index (Phi) is 22.3. The van der Waals surface area contributed by atoms with E-state index in [1.54, 1.807) is 0 Å². The Labute approximate surface area is 264 Å². The SMILES string of the molecule is C#CCOCC(COCC#C)(COCC#C)NC(=O)CCOCCOCCOCCOCCNC(=O)CCN1C(=O)C=CC1=O. The molecule has 1 aliphatic heterocycles. The number of carbonyl (C=O) groups excluding carboxylic acids is 4. The summed E-state index contributed by atoms with van der Waals surface area (Å²) in [6.45, 7) is 3.04. The van der Waals surface area contributed by atoms with Crippen LogP contribution in [-0.2, 0) is 52.3 Å². The molecule has 0 unspecified atom stereocenters. The van der Waals surface area contributed by atoms with Crippen LogP contribution < -0.4 is 10.6 Å². The van der Waals surface area contributed by atoms with Crippen molar-refractivity contribution in [2.75, 3.05) is 106 Å². The third-order valence-electron chi connectivity index (χ3n) is 5.72. The summed E-state index contributed by atoms with van der Waals surface area (Å²) in [6, 6.07) is 0. The first kappa shape index (κ1) is 39.2. The lowest BCUT2D eigenvalue weighted by molar-refractivity contribution is -0.137. The van der Waals surface area contributed by atoms with Gasteiger partial charge < -0.3 is 43.8 Å². The average Bonchev–Trinajstić information content (AvgIpc) is 3.34. The van der Waals surface area contributed by atoms with Gasteiger partial charge in [-0.05, 0) is 0 Å². The molecular formula is C31H43N3O11. The molecule has 0 aromatic heterocycles. The van der Waals surface area contributed by atoms with Crippen molar-refractivity contribution in [1.82, 2.24) is 15.5 Å². The summed E-state index contributed by atoms with van der Waals surface area (Å²) in [6.07, 6.45) is 18.2. The zero-order chi connectivity index (χ0) is 33.0. The van der Waals surface area contributed by atoms with E-state index in [2.05, 4.69) is 28.4 Å². The second kappa shape index (κ2) is 25.5. The fourth-order valence-corrected chi connectivity index (χ4v) is 3.65. The normalized spacial score (nSPS) is 12.5. The Morgan fingerprint density at radius 3 is 1.56 bits per heavy atom. The lowest BCUT2D eigenvalue weighted by Crippen LogP contribution is -2.58. The number of hydrogen-bond donors (Lipinski definition) is 2. The third-order valence-corrected chi connectivity index (χ3v) is 5.72. The van der Waals surface area contributed by atoms with Crippen molar-refractivity contribution in [2.24, 2.45) is 0 Å². The minimum absolute atomic E-state index is 0.0292. The van der Waals surface area contributed by atoms with Crippen molar-refractivity contribution in [1.29, 1.82) is 0 Å². The molecule has 0 saturated carbocycles. The van der Waals surface area contributed by atoms with Crippen LogP contribution in [0.2, 0.25) is 0 Å². The van der Waals surface area contributed by atoms with Gasteiger partial charge in [0.25, 0.3) is 11.8 Å². The Bertz CT molecular complexity index is 990. The molecular weight excluding hydrogens is 590 g/mol. The highest BCUT2D eigenvalue weighted by molar-refractivity contribution is 6.13. The number of imide groups is 1. The molecule has 0 aliphatic carbocycles. The molecule has 0 aromatic rings. The average molecular weight is 634 g/mol. The molecule has 0 aromatic carbocycles. The van der Waals surface area contributed by atoms with Gasteiger partial charge in [-0.1, -0.05) is 17.8 Å². The zero-order valence-corrected chi connectivity index (χ0v) is 25.6. The summed E-state index contributed by atoms with van der Waals surface area (Å²) in [7, 11) is 0. The largest absolute Gasteiger partial charge is 0.379 e. The van der Waals surface area contributed by atoms with Crippen LogP contribution in [0.25, 0.3) is 0 Å². The van der Waals surface area contributed by atoms with Crippen molar-refractivity contribution >= 4 is 23.6 Å². The minimum atomic E-state index is -1.04. The molecule has 1 aliphatic rings. The predicted molar refractivity (Wildman–Crippen MR) is 161 cm³/mol. The van der Waals surface area contributed by atoms with Crippen LogP contribution in [0.3, 0.4) is 0 Å². The van der Waals surface area contributed by atoms with Gasteiger partial charge >= 0.3 is 0 Å². The molecule has 0 radical (unpaired) electrons. The third kappa shape index (κ3) is 19.3. The predicted octanol–water partition coefficient (Wildman–Crippen LogP) is -1.32. The quantitative estimate of drug-likeness (QED) is 0.0598. The molecule has 2 N–H and O–H groups in total. The van der Waals surface area contributed by atoms with Crippen molar-refractivity contribution < 1.29 is 52.3 Å². The van der Waals surface area contributed by atoms with Crippen LogP contribution in [0.5, 0.6) is 0 Å². The number of ether oxygens (including phenoxy) is 7. The van der Waals surface area contributed by atoms with Gasteiger partial charge in [0.1, 0.15) is 25.4 Å². The first-order valence-electron chi connectivity index (χ1n) is 14.3. The fraction of sp³-hybridized carbons (Fsp3) is 0.613. The molecule has 45 heavy (non-hydrogen) atoms. The van der Waals surface area contributed by atoms with E-state index in [1.807, 2.05) is 0 Å². The van der Waals surface area contributed by atoms with E-state index in [0.29, 0.717) is 46.2 Å². The van der Waals surface area contributed by atoms with Crippen LogP contribution in [0.15, 0.2) is 12.2 Å². The summed E-state index contributed by atoms with van der Waals surface area (Å²) in [4.78, 5) is 48.3. The van der Waals surface area contributed by atoms with Gasteiger partial charge in [-0.25, -0.2) is 0 Å². The monoisotopic (exact) mass is 633 g/mol. The van der Waals surface area contributed by atoms with E-state index in [0.717, 1.165) is 4.90 Å². The Hall–Kier alpha value is -3.78. The molecule has 14 heteroatoms. The highest BCUT2D eigenvalue weighted by Gasteiger charge is 2.33. The molecule has 14 nitrogen and oxygen atoms in total. The highest BCUT2D eigenvalue weighted by Crippen LogP contribution is 2.10. The van der Waals surface area contributed by atoms with E-state index in [9.17, 15) is 19.2 Å². The number of nitrogens with one attached hydrogen (secondary N) is 2. The molecule has 4 amide bonds. The fourth-order valence-electron chi connectivity index (χ4n) is 3.65. The van der Waals surface area contributed by atoms with E-state index in [-0.39, 0.29) is 84.1 Å². The number of carbonyl (C=O) groups is 4. The number of nitrogens with zero attached hydrogens (tertiary/aromatic N) is 1. The summed E-state index contributed by atoms with van der Waals surface area (Å²) in [5.74, 6) is 5.70. The van der Waals surface area contributed by atoms with Crippen LogP contribution >= 0.6 is 0 Å². The van der Waals surface area contributed by atoms with E-state index >= 15 is 0 Å². The van der Waals surface area contributed by atoms with E-state index < -0.39 is 17.4 Å².